The summed E-state index contributed by atoms with van der Waals surface area (Å²) in [5.74, 6) is 0.748. The molecule has 0 fully saturated rings. The Bertz CT molecular complexity index is 1480. The summed E-state index contributed by atoms with van der Waals surface area (Å²) >= 11 is 1.60. The van der Waals surface area contributed by atoms with E-state index in [-0.39, 0.29) is 5.56 Å². The van der Waals surface area contributed by atoms with E-state index in [0.29, 0.717) is 10.7 Å². The summed E-state index contributed by atoms with van der Waals surface area (Å²) in [6.07, 6.45) is 0. The van der Waals surface area contributed by atoms with E-state index in [0.717, 1.165) is 39.0 Å². The Hall–Kier alpha value is -3.31. The van der Waals surface area contributed by atoms with E-state index in [1.807, 2.05) is 42.5 Å². The quantitative estimate of drug-likeness (QED) is 0.280. The summed E-state index contributed by atoms with van der Waals surface area (Å²) in [7, 11) is 0. The molecule has 0 unspecified atom stereocenters. The third-order valence-corrected chi connectivity index (χ3v) is 6.56. The second kappa shape index (κ2) is 7.75. The Balaban J connectivity index is 1.75. The molecule has 5 rings (SSSR count). The number of hydrogen-bond acceptors (Lipinski definition) is 3. The number of aryl methyl sites for hydroxylation is 3. The van der Waals surface area contributed by atoms with Crippen LogP contribution in [0.2, 0.25) is 0 Å². The molecule has 0 aliphatic heterocycles. The number of para-hydroxylation sites is 1. The van der Waals surface area contributed by atoms with Crippen molar-refractivity contribution in [3.8, 4) is 5.69 Å². The molecule has 4 nitrogen and oxygen atoms in total. The molecule has 0 atom stereocenters. The highest BCUT2D eigenvalue weighted by Gasteiger charge is 2.18. The van der Waals surface area contributed by atoms with Crippen molar-refractivity contribution in [3.63, 3.8) is 0 Å². The van der Waals surface area contributed by atoms with Crippen molar-refractivity contribution < 1.29 is 0 Å². The van der Waals surface area contributed by atoms with Crippen molar-refractivity contribution in [1.82, 2.24) is 14.5 Å². The Morgan fingerprint density at radius 3 is 2.42 bits per heavy atom. The molecule has 5 heteroatoms. The van der Waals surface area contributed by atoms with Crippen LogP contribution >= 0.6 is 11.8 Å². The van der Waals surface area contributed by atoms with Gasteiger partial charge in [-0.1, -0.05) is 60.3 Å². The van der Waals surface area contributed by atoms with Crippen LogP contribution in [0.15, 0.2) is 76.7 Å². The maximum Gasteiger partial charge on any atom is 0.283 e. The lowest BCUT2D eigenvalue weighted by Gasteiger charge is -2.14. The first kappa shape index (κ1) is 19.6. The standard InChI is InChI=1S/C26H23N3OS/c1-16-12-17(2)14-20(13-16)29-25(30)24-23(21-10-6-7-11-22(21)27-24)28-26(29)31-15-19-9-5-4-8-18(19)3/h4-14,27H,15H2,1-3H3. The fraction of sp³-hybridized carbons (Fsp3) is 0.154. The predicted octanol–water partition coefficient (Wildman–Crippen LogP) is 6.08. The highest BCUT2D eigenvalue weighted by Crippen LogP contribution is 2.29. The van der Waals surface area contributed by atoms with Crippen molar-refractivity contribution in [2.45, 2.75) is 31.7 Å². The number of fused-ring (bicyclic) bond motifs is 3. The maximum atomic E-state index is 13.7. The van der Waals surface area contributed by atoms with E-state index in [1.165, 1.54) is 11.1 Å². The van der Waals surface area contributed by atoms with Gasteiger partial charge in [-0.3, -0.25) is 9.36 Å². The summed E-state index contributed by atoms with van der Waals surface area (Å²) in [6, 6.07) is 22.5. The van der Waals surface area contributed by atoms with Crippen LogP contribution in [0.4, 0.5) is 0 Å². The molecule has 31 heavy (non-hydrogen) atoms. The molecule has 2 aromatic heterocycles. The molecular weight excluding hydrogens is 402 g/mol. The predicted molar refractivity (Wildman–Crippen MR) is 129 cm³/mol. The highest BCUT2D eigenvalue weighted by atomic mass is 32.2. The zero-order valence-electron chi connectivity index (χ0n) is 17.8. The van der Waals surface area contributed by atoms with Crippen LogP contribution in [0.1, 0.15) is 22.3 Å². The van der Waals surface area contributed by atoms with Crippen molar-refractivity contribution in [3.05, 3.63) is 99.3 Å². The molecule has 0 amide bonds. The molecular formula is C26H23N3OS. The van der Waals surface area contributed by atoms with Crippen molar-refractivity contribution in [2.24, 2.45) is 0 Å². The topological polar surface area (TPSA) is 50.7 Å². The summed E-state index contributed by atoms with van der Waals surface area (Å²) < 4.78 is 1.75. The van der Waals surface area contributed by atoms with Gasteiger partial charge < -0.3 is 4.98 Å². The molecule has 154 valence electrons. The maximum absolute atomic E-state index is 13.7. The molecule has 5 aromatic rings. The second-order valence-corrected chi connectivity index (χ2v) is 8.93. The molecule has 0 aliphatic carbocycles. The number of aromatic nitrogens is 3. The van der Waals surface area contributed by atoms with Gasteiger partial charge in [-0.15, -0.1) is 0 Å². The zero-order chi connectivity index (χ0) is 21.5. The Kier molecular flexibility index (Phi) is 4.91. The average molecular weight is 426 g/mol. The van der Waals surface area contributed by atoms with Crippen LogP contribution in [0.5, 0.6) is 0 Å². The molecule has 3 aromatic carbocycles. The van der Waals surface area contributed by atoms with Gasteiger partial charge in [0, 0.05) is 16.7 Å². The Labute approximate surface area is 185 Å². The molecule has 0 saturated heterocycles. The van der Waals surface area contributed by atoms with Crippen LogP contribution in [-0.2, 0) is 5.75 Å². The lowest BCUT2D eigenvalue weighted by molar-refractivity contribution is 0.817. The zero-order valence-corrected chi connectivity index (χ0v) is 18.6. The van der Waals surface area contributed by atoms with Crippen molar-refractivity contribution in [1.29, 1.82) is 0 Å². The van der Waals surface area contributed by atoms with E-state index in [9.17, 15) is 4.79 Å². The first-order valence-corrected chi connectivity index (χ1v) is 11.3. The van der Waals surface area contributed by atoms with Gasteiger partial charge in [0.25, 0.3) is 5.56 Å². The van der Waals surface area contributed by atoms with E-state index in [1.54, 1.807) is 16.3 Å². The van der Waals surface area contributed by atoms with Gasteiger partial charge in [0.1, 0.15) is 11.0 Å². The molecule has 0 bridgehead atoms. The molecule has 2 heterocycles. The van der Waals surface area contributed by atoms with Gasteiger partial charge in [-0.2, -0.15) is 0 Å². The summed E-state index contributed by atoms with van der Waals surface area (Å²) in [6.45, 7) is 6.22. The lowest BCUT2D eigenvalue weighted by Crippen LogP contribution is -2.22. The van der Waals surface area contributed by atoms with Crippen LogP contribution in [0.3, 0.4) is 0 Å². The number of hydrogen-bond donors (Lipinski definition) is 1. The molecule has 0 aliphatic rings. The number of aromatic amines is 1. The molecule has 1 N–H and O–H groups in total. The SMILES string of the molecule is Cc1cc(C)cc(-n2c(SCc3ccccc3C)nc3c([nH]c4ccccc43)c2=O)c1. The third kappa shape index (κ3) is 3.55. The third-order valence-electron chi connectivity index (χ3n) is 5.58. The number of rotatable bonds is 4. The lowest BCUT2D eigenvalue weighted by atomic mass is 10.1. The van der Waals surface area contributed by atoms with Gasteiger partial charge in [0.05, 0.1) is 5.69 Å². The fourth-order valence-electron chi connectivity index (χ4n) is 4.06. The molecule has 0 radical (unpaired) electrons. The van der Waals surface area contributed by atoms with Crippen LogP contribution < -0.4 is 5.56 Å². The summed E-state index contributed by atoms with van der Waals surface area (Å²) in [5.41, 5.74) is 7.70. The number of nitrogens with one attached hydrogen (secondary N) is 1. The largest absolute Gasteiger partial charge is 0.349 e. The normalized spacial score (nSPS) is 11.5. The number of benzene rings is 3. The van der Waals surface area contributed by atoms with E-state index >= 15 is 0 Å². The van der Waals surface area contributed by atoms with Crippen molar-refractivity contribution in [2.75, 3.05) is 0 Å². The summed E-state index contributed by atoms with van der Waals surface area (Å²) in [4.78, 5) is 22.0. The highest BCUT2D eigenvalue weighted by molar-refractivity contribution is 7.98. The van der Waals surface area contributed by atoms with Gasteiger partial charge in [-0.05, 0) is 61.2 Å². The Morgan fingerprint density at radius 1 is 0.935 bits per heavy atom. The number of thioether (sulfide) groups is 1. The van der Waals surface area contributed by atoms with E-state index in [4.69, 9.17) is 4.98 Å². The number of H-pyrrole nitrogens is 1. The minimum Gasteiger partial charge on any atom is -0.349 e. The smallest absolute Gasteiger partial charge is 0.283 e. The summed E-state index contributed by atoms with van der Waals surface area (Å²) in [5, 5.41) is 1.68. The van der Waals surface area contributed by atoms with Crippen LogP contribution in [0.25, 0.3) is 27.6 Å². The Morgan fingerprint density at radius 2 is 1.65 bits per heavy atom. The molecule has 0 spiro atoms. The van der Waals surface area contributed by atoms with E-state index in [2.05, 4.69) is 50.0 Å². The van der Waals surface area contributed by atoms with Gasteiger partial charge in [0.15, 0.2) is 5.16 Å². The van der Waals surface area contributed by atoms with Gasteiger partial charge in [0.2, 0.25) is 0 Å². The fourth-order valence-corrected chi connectivity index (χ4v) is 5.14. The van der Waals surface area contributed by atoms with Gasteiger partial charge >= 0.3 is 0 Å². The minimum atomic E-state index is -0.0708. The average Bonchev–Trinajstić information content (AvgIpc) is 3.12. The number of nitrogens with zero attached hydrogens (tertiary/aromatic N) is 2. The van der Waals surface area contributed by atoms with Crippen LogP contribution in [-0.4, -0.2) is 14.5 Å². The van der Waals surface area contributed by atoms with E-state index < -0.39 is 0 Å². The monoisotopic (exact) mass is 425 g/mol. The second-order valence-electron chi connectivity index (χ2n) is 7.99. The molecule has 0 saturated carbocycles. The minimum absolute atomic E-state index is 0.0708. The van der Waals surface area contributed by atoms with Gasteiger partial charge in [-0.25, -0.2) is 4.98 Å². The first-order valence-electron chi connectivity index (χ1n) is 10.3. The van der Waals surface area contributed by atoms with Crippen LogP contribution in [0, 0.1) is 20.8 Å². The first-order chi connectivity index (χ1) is 15.0. The van der Waals surface area contributed by atoms with Crippen molar-refractivity contribution >= 4 is 33.7 Å².